The molecule has 3 aromatic rings. The highest BCUT2D eigenvalue weighted by Crippen LogP contribution is 2.30. The van der Waals surface area contributed by atoms with Crippen molar-refractivity contribution in [3.05, 3.63) is 75.5 Å². The molecule has 1 N–H and O–H groups in total. The molecule has 2 aromatic heterocycles. The quantitative estimate of drug-likeness (QED) is 0.403. The smallest absolute Gasteiger partial charge is 0.321 e. The number of carbonyl (C=O) groups is 1. The van der Waals surface area contributed by atoms with E-state index in [0.717, 1.165) is 32.1 Å². The molecule has 4 rings (SSSR count). The Morgan fingerprint density at radius 2 is 1.95 bits per heavy atom. The Balaban J connectivity index is 1.63. The number of nitrogens with zero attached hydrogens (tertiary/aromatic N) is 5. The summed E-state index contributed by atoms with van der Waals surface area (Å²) in [4.78, 5) is 28.3. The number of rotatable bonds is 8. The van der Waals surface area contributed by atoms with E-state index < -0.39 is 41.0 Å². The molecular weight excluding hydrogens is 528 g/mol. The average molecular weight is 563 g/mol. The predicted molar refractivity (Wildman–Crippen MR) is 143 cm³/mol. The van der Waals surface area contributed by atoms with Crippen molar-refractivity contribution in [2.24, 2.45) is 13.0 Å². The molecular formula is C28H34F4N6O2. The molecule has 8 nitrogen and oxygen atoms in total. The van der Waals surface area contributed by atoms with Crippen LogP contribution in [0.2, 0.25) is 0 Å². The van der Waals surface area contributed by atoms with E-state index in [9.17, 15) is 27.2 Å². The normalized spacial score (nSPS) is 16.8. The SMILES string of the molecule is C[C@H]1CCCN(Cc2cc(C(=O)Nc3cc(C(C)(C)Cc4nncn4C)ccc3F)c(=O)n(CC(F)(F)F)c2)C1. The fraction of sp³-hybridized carbons (Fsp3) is 0.500. The number of anilines is 1. The van der Waals surface area contributed by atoms with Crippen LogP contribution < -0.4 is 10.9 Å². The minimum absolute atomic E-state index is 0.175. The maximum Gasteiger partial charge on any atom is 0.406 e. The predicted octanol–water partition coefficient (Wildman–Crippen LogP) is 4.68. The number of halogens is 4. The summed E-state index contributed by atoms with van der Waals surface area (Å²) in [5, 5.41) is 10.4. The van der Waals surface area contributed by atoms with Crippen molar-refractivity contribution in [2.45, 2.75) is 64.7 Å². The molecule has 1 fully saturated rings. The molecule has 1 amide bonds. The van der Waals surface area contributed by atoms with Gasteiger partial charge in [-0.1, -0.05) is 26.8 Å². The topological polar surface area (TPSA) is 85.1 Å². The summed E-state index contributed by atoms with van der Waals surface area (Å²) < 4.78 is 57.0. The van der Waals surface area contributed by atoms with Crippen LogP contribution in [0.15, 0.2) is 41.6 Å². The fourth-order valence-electron chi connectivity index (χ4n) is 5.14. The maximum absolute atomic E-state index is 14.8. The lowest BCUT2D eigenvalue weighted by Gasteiger charge is -2.31. The number of amides is 1. The maximum atomic E-state index is 14.8. The van der Waals surface area contributed by atoms with Gasteiger partial charge in [0.25, 0.3) is 11.5 Å². The van der Waals surface area contributed by atoms with Gasteiger partial charge in [0.2, 0.25) is 0 Å². The van der Waals surface area contributed by atoms with E-state index in [0.29, 0.717) is 40.4 Å². The Morgan fingerprint density at radius 3 is 2.60 bits per heavy atom. The highest BCUT2D eigenvalue weighted by atomic mass is 19.4. The number of aryl methyl sites for hydroxylation is 1. The molecule has 0 spiro atoms. The van der Waals surface area contributed by atoms with Crippen molar-refractivity contribution in [3.63, 3.8) is 0 Å². The molecule has 1 aliphatic heterocycles. The van der Waals surface area contributed by atoms with Gasteiger partial charge in [-0.3, -0.25) is 14.5 Å². The van der Waals surface area contributed by atoms with Gasteiger partial charge in [-0.2, -0.15) is 13.2 Å². The van der Waals surface area contributed by atoms with Crippen molar-refractivity contribution < 1.29 is 22.4 Å². The Hall–Kier alpha value is -3.54. The van der Waals surface area contributed by atoms with Gasteiger partial charge >= 0.3 is 6.18 Å². The molecule has 0 bridgehead atoms. The Labute approximate surface area is 230 Å². The largest absolute Gasteiger partial charge is 0.406 e. The molecule has 216 valence electrons. The molecule has 0 aliphatic carbocycles. The van der Waals surface area contributed by atoms with Crippen LogP contribution >= 0.6 is 0 Å². The molecule has 1 atom stereocenters. The molecule has 1 aromatic carbocycles. The summed E-state index contributed by atoms with van der Waals surface area (Å²) in [6.45, 7) is 6.27. The number of aromatic nitrogens is 4. The number of piperidine rings is 1. The lowest BCUT2D eigenvalue weighted by molar-refractivity contribution is -0.141. The highest BCUT2D eigenvalue weighted by Gasteiger charge is 2.30. The number of hydrogen-bond donors (Lipinski definition) is 1. The Morgan fingerprint density at radius 1 is 1.20 bits per heavy atom. The first-order valence-corrected chi connectivity index (χ1v) is 13.2. The van der Waals surface area contributed by atoms with Crippen LogP contribution in [0.25, 0.3) is 0 Å². The molecule has 3 heterocycles. The van der Waals surface area contributed by atoms with E-state index in [4.69, 9.17) is 0 Å². The van der Waals surface area contributed by atoms with Crippen molar-refractivity contribution in [1.29, 1.82) is 0 Å². The van der Waals surface area contributed by atoms with E-state index in [-0.39, 0.29) is 5.69 Å². The number of nitrogens with one attached hydrogen (secondary N) is 1. The monoisotopic (exact) mass is 562 g/mol. The van der Waals surface area contributed by atoms with Crippen LogP contribution in [0, 0.1) is 11.7 Å². The molecule has 0 saturated carbocycles. The number of carbonyl (C=O) groups excluding carboxylic acids is 1. The molecule has 40 heavy (non-hydrogen) atoms. The zero-order valence-electron chi connectivity index (χ0n) is 23.1. The summed E-state index contributed by atoms with van der Waals surface area (Å²) in [5.41, 5.74) is -1.18. The molecule has 1 saturated heterocycles. The number of pyridine rings is 1. The second kappa shape index (κ2) is 11.5. The first-order valence-electron chi connectivity index (χ1n) is 13.2. The second-order valence-corrected chi connectivity index (χ2v) is 11.4. The van der Waals surface area contributed by atoms with Crippen LogP contribution in [0.3, 0.4) is 0 Å². The lowest BCUT2D eigenvalue weighted by atomic mass is 9.81. The summed E-state index contributed by atoms with van der Waals surface area (Å²) in [5.74, 6) is -0.562. The molecule has 12 heteroatoms. The Kier molecular flexibility index (Phi) is 8.48. The van der Waals surface area contributed by atoms with Crippen molar-refractivity contribution >= 4 is 11.6 Å². The van der Waals surface area contributed by atoms with Gasteiger partial charge in [0.05, 0.1) is 5.69 Å². The summed E-state index contributed by atoms with van der Waals surface area (Å²) >= 11 is 0. The fourth-order valence-corrected chi connectivity index (χ4v) is 5.14. The van der Waals surface area contributed by atoms with Crippen LogP contribution in [0.1, 0.15) is 60.9 Å². The summed E-state index contributed by atoms with van der Waals surface area (Å²) in [6.07, 6.45) is 0.568. The zero-order chi connectivity index (χ0) is 29.2. The summed E-state index contributed by atoms with van der Waals surface area (Å²) in [6, 6.07) is 5.58. The van der Waals surface area contributed by atoms with E-state index in [1.165, 1.54) is 18.2 Å². The van der Waals surface area contributed by atoms with E-state index in [1.54, 1.807) is 17.0 Å². The van der Waals surface area contributed by atoms with Gasteiger partial charge < -0.3 is 14.5 Å². The average Bonchev–Trinajstić information content (AvgIpc) is 3.24. The minimum atomic E-state index is -4.66. The molecule has 0 unspecified atom stereocenters. The van der Waals surface area contributed by atoms with E-state index in [1.807, 2.05) is 20.9 Å². The Bertz CT molecular complexity index is 1430. The van der Waals surface area contributed by atoms with Crippen molar-refractivity contribution in [2.75, 3.05) is 18.4 Å². The first kappa shape index (κ1) is 29.4. The van der Waals surface area contributed by atoms with Crippen LogP contribution in [0.4, 0.5) is 23.2 Å². The van der Waals surface area contributed by atoms with Crippen molar-refractivity contribution in [3.8, 4) is 0 Å². The van der Waals surface area contributed by atoms with Crippen molar-refractivity contribution in [1.82, 2.24) is 24.2 Å². The van der Waals surface area contributed by atoms with Crippen LogP contribution in [-0.2, 0) is 32.0 Å². The zero-order valence-corrected chi connectivity index (χ0v) is 23.1. The number of alkyl halides is 3. The van der Waals surface area contributed by atoms with Crippen LogP contribution in [-0.4, -0.2) is 49.4 Å². The molecule has 1 aliphatic rings. The number of hydrogen-bond acceptors (Lipinski definition) is 5. The van der Waals surface area contributed by atoms with Gasteiger partial charge in [-0.25, -0.2) is 4.39 Å². The van der Waals surface area contributed by atoms with E-state index >= 15 is 0 Å². The highest BCUT2D eigenvalue weighted by molar-refractivity contribution is 6.04. The second-order valence-electron chi connectivity index (χ2n) is 11.4. The first-order chi connectivity index (χ1) is 18.7. The minimum Gasteiger partial charge on any atom is -0.321 e. The van der Waals surface area contributed by atoms with E-state index in [2.05, 4.69) is 27.3 Å². The van der Waals surface area contributed by atoms with Gasteiger partial charge in [-0.15, -0.1) is 10.2 Å². The summed E-state index contributed by atoms with van der Waals surface area (Å²) in [7, 11) is 1.81. The third kappa shape index (κ3) is 7.15. The lowest BCUT2D eigenvalue weighted by Crippen LogP contribution is -2.36. The standard InChI is InChI=1S/C28H34F4N6O2/c1-18-6-5-9-37(13-18)14-19-10-21(26(40)38(15-19)16-28(30,31)32)25(39)34-23-11-20(7-8-22(23)29)27(2,3)12-24-35-33-17-36(24)4/h7-8,10-11,15,17-18H,5-6,9,12-14,16H2,1-4H3,(H,34,39)/t18-/m0/s1. The number of likely N-dealkylation sites (tertiary alicyclic amines) is 1. The van der Waals surface area contributed by atoms with Gasteiger partial charge in [0.15, 0.2) is 0 Å². The molecule has 0 radical (unpaired) electrons. The van der Waals surface area contributed by atoms with Gasteiger partial charge in [0.1, 0.15) is 30.1 Å². The third-order valence-corrected chi connectivity index (χ3v) is 7.29. The van der Waals surface area contributed by atoms with Gasteiger partial charge in [0, 0.05) is 32.8 Å². The third-order valence-electron chi connectivity index (χ3n) is 7.29. The number of benzene rings is 1. The van der Waals surface area contributed by atoms with Crippen LogP contribution in [0.5, 0.6) is 0 Å². The van der Waals surface area contributed by atoms with Gasteiger partial charge in [-0.05, 0) is 60.0 Å².